The number of ether oxygens (including phenoxy) is 1. The van der Waals surface area contributed by atoms with Crippen LogP contribution in [0.4, 0.5) is 0 Å². The summed E-state index contributed by atoms with van der Waals surface area (Å²) in [6, 6.07) is 1.12. The fourth-order valence-electron chi connectivity index (χ4n) is 1.30. The predicted molar refractivity (Wildman–Crippen MR) is 66.5 cm³/mol. The van der Waals surface area contributed by atoms with Crippen LogP contribution < -0.4 is 5.32 Å². The lowest BCUT2D eigenvalue weighted by Gasteiger charge is -2.10. The molecule has 0 spiro atoms. The minimum absolute atomic E-state index is 0.296. The van der Waals surface area contributed by atoms with Crippen LogP contribution in [0.1, 0.15) is 19.5 Å². The zero-order valence-electron chi connectivity index (χ0n) is 10.7. The summed E-state index contributed by atoms with van der Waals surface area (Å²) < 4.78 is 6.42. The molecule has 1 heterocycles. The zero-order valence-corrected chi connectivity index (χ0v) is 10.7. The van der Waals surface area contributed by atoms with Gasteiger partial charge in [0.1, 0.15) is 6.04 Å². The Labute approximate surface area is 106 Å². The van der Waals surface area contributed by atoms with Gasteiger partial charge in [-0.25, -0.2) is 4.79 Å². The van der Waals surface area contributed by atoms with Crippen molar-refractivity contribution in [2.45, 2.75) is 19.9 Å². The third-order valence-corrected chi connectivity index (χ3v) is 2.26. The number of aromatic nitrogens is 2. The number of nitrogens with one attached hydrogen (secondary N) is 1. The number of carbonyl (C=O) groups is 2. The number of hydrogen-bond acceptors (Lipinski definition) is 4. The largest absolute Gasteiger partial charge is 0.464 e. The predicted octanol–water partition coefficient (Wildman–Crippen LogP) is 0.501. The van der Waals surface area contributed by atoms with E-state index in [0.29, 0.717) is 6.61 Å². The Morgan fingerprint density at radius 1 is 1.61 bits per heavy atom. The summed E-state index contributed by atoms with van der Waals surface area (Å²) in [4.78, 5) is 22.8. The lowest BCUT2D eigenvalue weighted by molar-refractivity contribution is -0.146. The molecule has 0 saturated carbocycles. The highest BCUT2D eigenvalue weighted by Gasteiger charge is 2.14. The zero-order chi connectivity index (χ0) is 13.5. The van der Waals surface area contributed by atoms with E-state index in [2.05, 4.69) is 10.4 Å². The van der Waals surface area contributed by atoms with Crippen molar-refractivity contribution in [1.29, 1.82) is 0 Å². The average molecular weight is 251 g/mol. The molecular formula is C12H17N3O3. The Balaban J connectivity index is 2.49. The van der Waals surface area contributed by atoms with E-state index in [1.165, 1.54) is 6.08 Å². The van der Waals surface area contributed by atoms with Crippen LogP contribution in [0.5, 0.6) is 0 Å². The number of hydrogen-bond donors (Lipinski definition) is 1. The quantitative estimate of drug-likeness (QED) is 0.611. The van der Waals surface area contributed by atoms with Crippen molar-refractivity contribution in [3.05, 3.63) is 24.0 Å². The number of rotatable bonds is 5. The lowest BCUT2D eigenvalue weighted by Crippen LogP contribution is -2.38. The van der Waals surface area contributed by atoms with Crippen molar-refractivity contribution in [2.75, 3.05) is 6.61 Å². The van der Waals surface area contributed by atoms with Gasteiger partial charge < -0.3 is 10.1 Å². The molecule has 1 N–H and O–H groups in total. The first-order valence-corrected chi connectivity index (χ1v) is 5.67. The molecule has 0 aliphatic rings. The molecule has 0 saturated heterocycles. The molecule has 1 unspecified atom stereocenters. The van der Waals surface area contributed by atoms with Crippen LogP contribution in [0.15, 0.2) is 18.3 Å². The minimum atomic E-state index is -0.659. The Morgan fingerprint density at radius 2 is 2.33 bits per heavy atom. The van der Waals surface area contributed by atoms with Crippen molar-refractivity contribution < 1.29 is 14.3 Å². The first kappa shape index (κ1) is 14.0. The Morgan fingerprint density at radius 3 is 2.89 bits per heavy atom. The highest BCUT2D eigenvalue weighted by Crippen LogP contribution is 1.99. The second-order valence-corrected chi connectivity index (χ2v) is 3.70. The van der Waals surface area contributed by atoms with Gasteiger partial charge >= 0.3 is 5.97 Å². The molecule has 98 valence electrons. The van der Waals surface area contributed by atoms with Crippen molar-refractivity contribution in [2.24, 2.45) is 7.05 Å². The average Bonchev–Trinajstić information content (AvgIpc) is 2.72. The minimum Gasteiger partial charge on any atom is -0.464 e. The van der Waals surface area contributed by atoms with Gasteiger partial charge in [0.05, 0.1) is 12.3 Å². The van der Waals surface area contributed by atoms with Crippen LogP contribution in [-0.2, 0) is 21.4 Å². The van der Waals surface area contributed by atoms with Gasteiger partial charge in [-0.1, -0.05) is 0 Å². The maximum Gasteiger partial charge on any atom is 0.328 e. The van der Waals surface area contributed by atoms with Gasteiger partial charge in [0, 0.05) is 19.3 Å². The molecular weight excluding hydrogens is 234 g/mol. The Bertz CT molecular complexity index is 451. The van der Waals surface area contributed by atoms with E-state index in [9.17, 15) is 9.59 Å². The van der Waals surface area contributed by atoms with E-state index >= 15 is 0 Å². The molecule has 0 aliphatic carbocycles. The van der Waals surface area contributed by atoms with Gasteiger partial charge in [-0.05, 0) is 26.0 Å². The molecule has 6 heteroatoms. The van der Waals surface area contributed by atoms with E-state index in [1.807, 2.05) is 0 Å². The van der Waals surface area contributed by atoms with E-state index in [1.54, 1.807) is 43.9 Å². The molecule has 0 aliphatic heterocycles. The molecule has 1 amide bonds. The maximum atomic E-state index is 11.5. The van der Waals surface area contributed by atoms with Crippen molar-refractivity contribution in [3.63, 3.8) is 0 Å². The van der Waals surface area contributed by atoms with Gasteiger partial charge in [0.2, 0.25) is 5.91 Å². The molecule has 1 atom stereocenters. The third-order valence-electron chi connectivity index (χ3n) is 2.26. The van der Waals surface area contributed by atoms with E-state index in [4.69, 9.17) is 4.74 Å². The standard InChI is InChI=1S/C12H17N3O3/c1-4-18-12(17)9(2)14-11(16)6-5-10-7-8-13-15(10)3/h5-9H,4H2,1-3H3,(H,14,16)/b6-5+. The van der Waals surface area contributed by atoms with Gasteiger partial charge in [-0.2, -0.15) is 5.10 Å². The smallest absolute Gasteiger partial charge is 0.328 e. The number of aryl methyl sites for hydroxylation is 1. The number of esters is 1. The molecule has 18 heavy (non-hydrogen) atoms. The van der Waals surface area contributed by atoms with Crippen LogP contribution in [-0.4, -0.2) is 34.3 Å². The first-order valence-electron chi connectivity index (χ1n) is 5.67. The van der Waals surface area contributed by atoms with E-state index in [-0.39, 0.29) is 5.91 Å². The monoisotopic (exact) mass is 251 g/mol. The number of nitrogens with zero attached hydrogens (tertiary/aromatic N) is 2. The molecule has 1 rings (SSSR count). The fraction of sp³-hybridized carbons (Fsp3) is 0.417. The van der Waals surface area contributed by atoms with Crippen LogP contribution in [0.2, 0.25) is 0 Å². The van der Waals surface area contributed by atoms with Gasteiger partial charge in [0.25, 0.3) is 0 Å². The summed E-state index contributed by atoms with van der Waals surface area (Å²) in [5, 5.41) is 6.48. The SMILES string of the molecule is CCOC(=O)C(C)NC(=O)/C=C/c1ccnn1C. The molecule has 0 fully saturated rings. The summed E-state index contributed by atoms with van der Waals surface area (Å²) in [5.74, 6) is -0.795. The summed E-state index contributed by atoms with van der Waals surface area (Å²) in [5.41, 5.74) is 0.800. The topological polar surface area (TPSA) is 73.2 Å². The van der Waals surface area contributed by atoms with Gasteiger partial charge in [-0.15, -0.1) is 0 Å². The highest BCUT2D eigenvalue weighted by molar-refractivity contribution is 5.94. The normalized spacial score (nSPS) is 12.4. The van der Waals surface area contributed by atoms with Crippen LogP contribution in [0.25, 0.3) is 6.08 Å². The summed E-state index contributed by atoms with van der Waals surface area (Å²) in [7, 11) is 1.78. The molecule has 0 aromatic carbocycles. The summed E-state index contributed by atoms with van der Waals surface area (Å²) >= 11 is 0. The van der Waals surface area contributed by atoms with Crippen LogP contribution in [0, 0.1) is 0 Å². The van der Waals surface area contributed by atoms with Crippen LogP contribution >= 0.6 is 0 Å². The summed E-state index contributed by atoms with van der Waals surface area (Å²) in [6.45, 7) is 3.59. The van der Waals surface area contributed by atoms with Crippen LogP contribution in [0.3, 0.4) is 0 Å². The van der Waals surface area contributed by atoms with Gasteiger partial charge in [0.15, 0.2) is 0 Å². The Hall–Kier alpha value is -2.11. The summed E-state index contributed by atoms with van der Waals surface area (Å²) in [6.07, 6.45) is 4.62. The second kappa shape index (κ2) is 6.58. The molecule has 0 bridgehead atoms. The van der Waals surface area contributed by atoms with Crippen molar-refractivity contribution in [1.82, 2.24) is 15.1 Å². The second-order valence-electron chi connectivity index (χ2n) is 3.70. The first-order chi connectivity index (χ1) is 8.54. The van der Waals surface area contributed by atoms with Crippen molar-refractivity contribution in [3.8, 4) is 0 Å². The Kier molecular flexibility index (Phi) is 5.10. The fourth-order valence-corrected chi connectivity index (χ4v) is 1.30. The molecule has 1 aromatic rings. The number of amides is 1. The molecule has 6 nitrogen and oxygen atoms in total. The van der Waals surface area contributed by atoms with Gasteiger partial charge in [-0.3, -0.25) is 9.48 Å². The number of carbonyl (C=O) groups excluding carboxylic acids is 2. The highest BCUT2D eigenvalue weighted by atomic mass is 16.5. The third kappa shape index (κ3) is 4.04. The van der Waals surface area contributed by atoms with E-state index < -0.39 is 12.0 Å². The van der Waals surface area contributed by atoms with E-state index in [0.717, 1.165) is 5.69 Å². The lowest BCUT2D eigenvalue weighted by atomic mass is 10.3. The molecule has 0 radical (unpaired) electrons. The van der Waals surface area contributed by atoms with Crippen molar-refractivity contribution >= 4 is 18.0 Å². The molecule has 1 aromatic heterocycles. The maximum absolute atomic E-state index is 11.5.